The molecule has 1 rings (SSSR count). The Balaban J connectivity index is 2.87. The first-order valence-corrected chi connectivity index (χ1v) is 2.49. The van der Waals surface area contributed by atoms with Gasteiger partial charge in [-0.3, -0.25) is 0 Å². The molecule has 0 fully saturated rings. The Kier molecular flexibility index (Phi) is 1.26. The molecule has 3 N–H and O–H groups in total. The number of nitrogens with two attached hydrogens (primary N) is 1. The second kappa shape index (κ2) is 1.93. The fourth-order valence-corrected chi connectivity index (χ4v) is 0.517. The zero-order valence-corrected chi connectivity index (χ0v) is 4.82. The Bertz CT molecular complexity index is 203. The van der Waals surface area contributed by atoms with E-state index in [0.29, 0.717) is 11.4 Å². The molecule has 0 radical (unpaired) electrons. The molecule has 0 spiro atoms. The minimum Gasteiger partial charge on any atom is -0.397 e. The quantitative estimate of drug-likeness (QED) is 0.502. The summed E-state index contributed by atoms with van der Waals surface area (Å²) in [6.45, 7) is 3.51. The lowest BCUT2D eigenvalue weighted by Gasteiger charge is -2.09. The molecule has 1 heterocycles. The van der Waals surface area contributed by atoms with Crippen molar-refractivity contribution in [3.63, 3.8) is 0 Å². The van der Waals surface area contributed by atoms with Gasteiger partial charge in [0.05, 0.1) is 11.4 Å². The maximum atomic E-state index is 12.2. The monoisotopic (exact) mass is 126 g/mol. The van der Waals surface area contributed by atoms with Crippen molar-refractivity contribution in [2.45, 2.75) is 0 Å². The normalized spacial score (nSPS) is 18.1. The van der Waals surface area contributed by atoms with E-state index in [2.05, 4.69) is 11.9 Å². The van der Waals surface area contributed by atoms with Gasteiger partial charge in [-0.25, -0.2) is 4.39 Å². The zero-order valence-electron chi connectivity index (χ0n) is 4.82. The van der Waals surface area contributed by atoms with Crippen molar-refractivity contribution >= 4 is 0 Å². The van der Waals surface area contributed by atoms with Crippen molar-refractivity contribution in [3.8, 4) is 0 Å². The highest BCUT2D eigenvalue weighted by Crippen LogP contribution is 2.09. The van der Waals surface area contributed by atoms with Crippen LogP contribution in [0.3, 0.4) is 0 Å². The van der Waals surface area contributed by atoms with Crippen LogP contribution >= 0.6 is 0 Å². The van der Waals surface area contributed by atoms with E-state index in [1.807, 2.05) is 0 Å². The third-order valence-electron chi connectivity index (χ3n) is 1.03. The van der Waals surface area contributed by atoms with Crippen LogP contribution in [-0.4, -0.2) is 0 Å². The second-order valence-corrected chi connectivity index (χ2v) is 1.75. The van der Waals surface area contributed by atoms with Gasteiger partial charge >= 0.3 is 0 Å². The van der Waals surface area contributed by atoms with Crippen LogP contribution in [0.1, 0.15) is 0 Å². The van der Waals surface area contributed by atoms with Crippen LogP contribution in [0.5, 0.6) is 0 Å². The summed E-state index contributed by atoms with van der Waals surface area (Å²) in [5.41, 5.74) is 6.17. The van der Waals surface area contributed by atoms with Crippen LogP contribution < -0.4 is 11.1 Å². The molecule has 1 aliphatic heterocycles. The number of hydrogen-bond acceptors (Lipinski definition) is 2. The van der Waals surface area contributed by atoms with E-state index in [-0.39, 0.29) is 5.83 Å². The van der Waals surface area contributed by atoms with E-state index < -0.39 is 0 Å². The summed E-state index contributed by atoms with van der Waals surface area (Å²) in [6, 6.07) is 0. The highest BCUT2D eigenvalue weighted by Gasteiger charge is 2.02. The summed E-state index contributed by atoms with van der Waals surface area (Å²) in [6.07, 6.45) is 2.43. The van der Waals surface area contributed by atoms with Gasteiger partial charge in [-0.05, 0) is 0 Å². The maximum Gasteiger partial charge on any atom is 0.141 e. The van der Waals surface area contributed by atoms with E-state index >= 15 is 0 Å². The van der Waals surface area contributed by atoms with Crippen LogP contribution in [0.15, 0.2) is 36.1 Å². The molecule has 0 saturated carbocycles. The number of nitrogens with one attached hydrogen (secondary N) is 1. The van der Waals surface area contributed by atoms with Gasteiger partial charge in [0, 0.05) is 12.3 Å². The van der Waals surface area contributed by atoms with Crippen LogP contribution in [0, 0.1) is 0 Å². The molecular formula is C6H7FN2. The number of hydrogen-bond donors (Lipinski definition) is 2. The Morgan fingerprint density at radius 1 is 1.67 bits per heavy atom. The summed E-state index contributed by atoms with van der Waals surface area (Å²) < 4.78 is 12.2. The molecule has 0 unspecified atom stereocenters. The van der Waals surface area contributed by atoms with Crippen LogP contribution in [-0.2, 0) is 0 Å². The summed E-state index contributed by atoms with van der Waals surface area (Å²) in [7, 11) is 0. The standard InChI is InChI=1S/C6H7FN2/c1-4-6(8)2-5(7)3-9-4/h2-3,9H,1,8H2. The van der Waals surface area contributed by atoms with E-state index in [4.69, 9.17) is 5.73 Å². The minimum atomic E-state index is -0.375. The van der Waals surface area contributed by atoms with Crippen molar-refractivity contribution in [2.24, 2.45) is 5.73 Å². The average molecular weight is 126 g/mol. The molecule has 3 heteroatoms. The lowest BCUT2D eigenvalue weighted by molar-refractivity contribution is 0.650. The Morgan fingerprint density at radius 3 is 2.78 bits per heavy atom. The van der Waals surface area contributed by atoms with Crippen molar-refractivity contribution in [1.82, 2.24) is 5.32 Å². The Hall–Kier alpha value is -1.25. The first kappa shape index (κ1) is 5.88. The Morgan fingerprint density at radius 2 is 2.33 bits per heavy atom. The van der Waals surface area contributed by atoms with Crippen LogP contribution in [0.2, 0.25) is 0 Å². The number of rotatable bonds is 0. The molecule has 0 aromatic carbocycles. The molecule has 2 nitrogen and oxygen atoms in total. The molecule has 0 amide bonds. The maximum absolute atomic E-state index is 12.2. The predicted molar refractivity (Wildman–Crippen MR) is 33.7 cm³/mol. The van der Waals surface area contributed by atoms with Gasteiger partial charge in [0.25, 0.3) is 0 Å². The van der Waals surface area contributed by atoms with Gasteiger partial charge < -0.3 is 11.1 Å². The highest BCUT2D eigenvalue weighted by molar-refractivity contribution is 5.35. The van der Waals surface area contributed by atoms with Crippen molar-refractivity contribution in [2.75, 3.05) is 0 Å². The molecule has 0 aromatic heterocycles. The fraction of sp³-hybridized carbons (Fsp3) is 0. The van der Waals surface area contributed by atoms with Crippen molar-refractivity contribution < 1.29 is 4.39 Å². The Labute approximate surface area is 52.5 Å². The molecule has 0 saturated heterocycles. The predicted octanol–water partition coefficient (Wildman–Crippen LogP) is 0.757. The average Bonchev–Trinajstić information content (AvgIpc) is 1.80. The van der Waals surface area contributed by atoms with Gasteiger partial charge in [-0.1, -0.05) is 6.58 Å². The first-order chi connectivity index (χ1) is 4.20. The third kappa shape index (κ3) is 1.10. The molecule has 0 aromatic rings. The molecule has 1 aliphatic rings. The smallest absolute Gasteiger partial charge is 0.141 e. The molecular weight excluding hydrogens is 119 g/mol. The van der Waals surface area contributed by atoms with Crippen molar-refractivity contribution in [1.29, 1.82) is 0 Å². The van der Waals surface area contributed by atoms with Gasteiger partial charge in [0.1, 0.15) is 5.83 Å². The van der Waals surface area contributed by atoms with Crippen molar-refractivity contribution in [3.05, 3.63) is 36.1 Å². The third-order valence-corrected chi connectivity index (χ3v) is 1.03. The minimum absolute atomic E-state index is 0.343. The van der Waals surface area contributed by atoms with Crippen LogP contribution in [0.25, 0.3) is 0 Å². The fourth-order valence-electron chi connectivity index (χ4n) is 0.517. The molecule has 9 heavy (non-hydrogen) atoms. The van der Waals surface area contributed by atoms with E-state index in [1.165, 1.54) is 12.3 Å². The van der Waals surface area contributed by atoms with E-state index in [0.717, 1.165) is 0 Å². The van der Waals surface area contributed by atoms with Gasteiger partial charge in [0.15, 0.2) is 0 Å². The van der Waals surface area contributed by atoms with Gasteiger partial charge in [-0.2, -0.15) is 0 Å². The topological polar surface area (TPSA) is 38.0 Å². The summed E-state index contributed by atoms with van der Waals surface area (Å²) in [4.78, 5) is 0. The SMILES string of the molecule is C=C1NC=C(F)C=C1N. The molecule has 0 bridgehead atoms. The highest BCUT2D eigenvalue weighted by atomic mass is 19.1. The zero-order chi connectivity index (χ0) is 6.85. The second-order valence-electron chi connectivity index (χ2n) is 1.75. The molecule has 48 valence electrons. The number of dihydropyridines is 1. The number of allylic oxidation sites excluding steroid dienone is 2. The van der Waals surface area contributed by atoms with Crippen LogP contribution in [0.4, 0.5) is 4.39 Å². The number of halogens is 1. The van der Waals surface area contributed by atoms with E-state index in [1.54, 1.807) is 0 Å². The summed E-state index contributed by atoms with van der Waals surface area (Å²) in [5, 5.41) is 2.56. The van der Waals surface area contributed by atoms with Gasteiger partial charge in [-0.15, -0.1) is 0 Å². The first-order valence-electron chi connectivity index (χ1n) is 2.49. The summed E-state index contributed by atoms with van der Waals surface area (Å²) in [5.74, 6) is -0.375. The van der Waals surface area contributed by atoms with E-state index in [9.17, 15) is 4.39 Å². The lowest BCUT2D eigenvalue weighted by atomic mass is 10.2. The summed E-state index contributed by atoms with van der Waals surface area (Å²) >= 11 is 0. The largest absolute Gasteiger partial charge is 0.397 e. The lowest BCUT2D eigenvalue weighted by Crippen LogP contribution is -2.15. The molecule has 0 atom stereocenters. The molecule has 0 aliphatic carbocycles. The van der Waals surface area contributed by atoms with Gasteiger partial charge in [0.2, 0.25) is 0 Å².